The van der Waals surface area contributed by atoms with Crippen molar-refractivity contribution < 1.29 is 19.1 Å². The zero-order chi connectivity index (χ0) is 12.8. The predicted molar refractivity (Wildman–Crippen MR) is 59.8 cm³/mol. The van der Waals surface area contributed by atoms with Crippen molar-refractivity contribution in [2.24, 2.45) is 0 Å². The Morgan fingerprint density at radius 1 is 1.41 bits per heavy atom. The average molecular weight is 238 g/mol. The standard InChI is InChI=1S/C11H14N2O4/c1-3-17-10(15)6-13-11(16)9-4-8(5-12-9)7(2)14/h4-5,12H,3,6H2,1-2H3,(H,13,16). The van der Waals surface area contributed by atoms with Crippen LogP contribution in [0.4, 0.5) is 0 Å². The van der Waals surface area contributed by atoms with Gasteiger partial charge in [0.1, 0.15) is 12.2 Å². The molecule has 0 unspecified atom stereocenters. The number of amides is 1. The van der Waals surface area contributed by atoms with Gasteiger partial charge in [0.2, 0.25) is 0 Å². The molecule has 0 radical (unpaired) electrons. The molecule has 92 valence electrons. The van der Waals surface area contributed by atoms with Crippen LogP contribution in [0.15, 0.2) is 12.3 Å². The van der Waals surface area contributed by atoms with Gasteiger partial charge >= 0.3 is 5.97 Å². The SMILES string of the molecule is CCOC(=O)CNC(=O)c1cc(C(C)=O)c[nH]1. The highest BCUT2D eigenvalue weighted by atomic mass is 16.5. The van der Waals surface area contributed by atoms with Crippen molar-refractivity contribution >= 4 is 17.7 Å². The maximum atomic E-state index is 11.5. The highest BCUT2D eigenvalue weighted by molar-refractivity contribution is 5.99. The largest absolute Gasteiger partial charge is 0.465 e. The minimum atomic E-state index is -0.501. The fraction of sp³-hybridized carbons (Fsp3) is 0.364. The number of ketones is 1. The summed E-state index contributed by atoms with van der Waals surface area (Å²) < 4.78 is 4.65. The van der Waals surface area contributed by atoms with Crippen molar-refractivity contribution in [1.82, 2.24) is 10.3 Å². The normalized spacial score (nSPS) is 9.76. The molecule has 1 amide bonds. The fourth-order valence-electron chi connectivity index (χ4n) is 1.19. The number of carbonyl (C=O) groups is 3. The van der Waals surface area contributed by atoms with Gasteiger partial charge in [0.25, 0.3) is 5.91 Å². The van der Waals surface area contributed by atoms with Gasteiger partial charge in [0, 0.05) is 11.8 Å². The molecule has 1 aromatic rings. The number of nitrogens with one attached hydrogen (secondary N) is 2. The number of H-pyrrole nitrogens is 1. The first kappa shape index (κ1) is 13.0. The quantitative estimate of drug-likeness (QED) is 0.578. The summed E-state index contributed by atoms with van der Waals surface area (Å²) in [5, 5.41) is 2.38. The third-order valence-electron chi connectivity index (χ3n) is 2.03. The van der Waals surface area contributed by atoms with Crippen LogP contribution in [0.2, 0.25) is 0 Å². The summed E-state index contributed by atoms with van der Waals surface area (Å²) in [4.78, 5) is 36.2. The molecule has 6 heteroatoms. The van der Waals surface area contributed by atoms with E-state index in [1.807, 2.05) is 0 Å². The Balaban J connectivity index is 2.52. The summed E-state index contributed by atoms with van der Waals surface area (Å²) in [5.41, 5.74) is 0.658. The van der Waals surface area contributed by atoms with Gasteiger partial charge in [0.05, 0.1) is 6.61 Å². The first-order valence-electron chi connectivity index (χ1n) is 5.17. The summed E-state index contributed by atoms with van der Waals surface area (Å²) in [6.45, 7) is 3.17. The van der Waals surface area contributed by atoms with Crippen LogP contribution in [0.1, 0.15) is 34.7 Å². The molecule has 1 heterocycles. The molecule has 0 aliphatic heterocycles. The highest BCUT2D eigenvalue weighted by Crippen LogP contribution is 2.03. The number of esters is 1. The van der Waals surface area contributed by atoms with Crippen LogP contribution in [-0.2, 0) is 9.53 Å². The van der Waals surface area contributed by atoms with E-state index in [9.17, 15) is 14.4 Å². The van der Waals surface area contributed by atoms with Crippen molar-refractivity contribution in [3.63, 3.8) is 0 Å². The van der Waals surface area contributed by atoms with E-state index < -0.39 is 11.9 Å². The minimum absolute atomic E-state index is 0.134. The maximum absolute atomic E-state index is 11.5. The van der Waals surface area contributed by atoms with E-state index in [-0.39, 0.29) is 24.6 Å². The number of hydrogen-bond acceptors (Lipinski definition) is 4. The summed E-state index contributed by atoms with van der Waals surface area (Å²) in [6.07, 6.45) is 1.45. The Morgan fingerprint density at radius 3 is 2.65 bits per heavy atom. The molecule has 0 spiro atoms. The van der Waals surface area contributed by atoms with E-state index in [1.165, 1.54) is 19.2 Å². The zero-order valence-corrected chi connectivity index (χ0v) is 9.70. The number of Topliss-reactive ketones (excluding diaryl/α,β-unsaturated/α-hetero) is 1. The Morgan fingerprint density at radius 2 is 2.12 bits per heavy atom. The first-order chi connectivity index (χ1) is 8.04. The third kappa shape index (κ3) is 3.75. The third-order valence-corrected chi connectivity index (χ3v) is 2.03. The van der Waals surface area contributed by atoms with E-state index >= 15 is 0 Å². The van der Waals surface area contributed by atoms with E-state index in [1.54, 1.807) is 6.92 Å². The van der Waals surface area contributed by atoms with Crippen molar-refractivity contribution in [2.45, 2.75) is 13.8 Å². The van der Waals surface area contributed by atoms with E-state index in [4.69, 9.17) is 0 Å². The topological polar surface area (TPSA) is 88.3 Å². The van der Waals surface area contributed by atoms with Gasteiger partial charge < -0.3 is 15.0 Å². The highest BCUT2D eigenvalue weighted by Gasteiger charge is 2.11. The molecule has 17 heavy (non-hydrogen) atoms. The molecule has 2 N–H and O–H groups in total. The smallest absolute Gasteiger partial charge is 0.325 e. The molecule has 0 saturated heterocycles. The van der Waals surface area contributed by atoms with E-state index in [0.717, 1.165) is 0 Å². The van der Waals surface area contributed by atoms with Crippen molar-refractivity contribution in [1.29, 1.82) is 0 Å². The van der Waals surface area contributed by atoms with Gasteiger partial charge in [-0.2, -0.15) is 0 Å². The molecule has 1 rings (SSSR count). The van der Waals surface area contributed by atoms with Gasteiger partial charge in [-0.15, -0.1) is 0 Å². The Kier molecular flexibility index (Phi) is 4.45. The van der Waals surface area contributed by atoms with Crippen molar-refractivity contribution in [3.8, 4) is 0 Å². The Labute approximate surface area is 98.3 Å². The van der Waals surface area contributed by atoms with Gasteiger partial charge in [-0.1, -0.05) is 0 Å². The summed E-state index contributed by atoms with van der Waals surface area (Å²) in [6, 6.07) is 1.43. The second-order valence-corrected chi connectivity index (χ2v) is 3.35. The Bertz CT molecular complexity index is 436. The van der Waals surface area contributed by atoms with Crippen LogP contribution in [0.3, 0.4) is 0 Å². The van der Waals surface area contributed by atoms with Crippen LogP contribution >= 0.6 is 0 Å². The number of carbonyl (C=O) groups excluding carboxylic acids is 3. The lowest BCUT2D eigenvalue weighted by molar-refractivity contribution is -0.141. The number of aromatic amines is 1. The molecule has 0 aromatic carbocycles. The molecular weight excluding hydrogens is 224 g/mol. The molecule has 6 nitrogen and oxygen atoms in total. The predicted octanol–water partition coefficient (Wildman–Crippen LogP) is 0.510. The first-order valence-corrected chi connectivity index (χ1v) is 5.17. The second kappa shape index (κ2) is 5.83. The number of aromatic nitrogens is 1. The zero-order valence-electron chi connectivity index (χ0n) is 9.70. The van der Waals surface area contributed by atoms with E-state index in [0.29, 0.717) is 5.56 Å². The summed E-state index contributed by atoms with van der Waals surface area (Å²) >= 11 is 0. The van der Waals surface area contributed by atoms with E-state index in [2.05, 4.69) is 15.0 Å². The van der Waals surface area contributed by atoms with Crippen LogP contribution in [-0.4, -0.2) is 35.8 Å². The van der Waals surface area contributed by atoms with Gasteiger partial charge in [-0.05, 0) is 19.9 Å². The second-order valence-electron chi connectivity index (χ2n) is 3.35. The molecule has 0 saturated carbocycles. The monoisotopic (exact) mass is 238 g/mol. The van der Waals surface area contributed by atoms with Gasteiger partial charge in [0.15, 0.2) is 5.78 Å². The van der Waals surface area contributed by atoms with Crippen LogP contribution in [0.5, 0.6) is 0 Å². The Hall–Kier alpha value is -2.11. The van der Waals surface area contributed by atoms with Crippen molar-refractivity contribution in [3.05, 3.63) is 23.5 Å². The average Bonchev–Trinajstić information content (AvgIpc) is 2.75. The maximum Gasteiger partial charge on any atom is 0.325 e. The molecule has 0 aliphatic rings. The van der Waals surface area contributed by atoms with Crippen LogP contribution in [0, 0.1) is 0 Å². The molecule has 0 fully saturated rings. The van der Waals surface area contributed by atoms with Crippen molar-refractivity contribution in [2.75, 3.05) is 13.2 Å². The number of hydrogen-bond donors (Lipinski definition) is 2. The molecular formula is C11H14N2O4. The van der Waals surface area contributed by atoms with Gasteiger partial charge in [-0.3, -0.25) is 14.4 Å². The van der Waals surface area contributed by atoms with Gasteiger partial charge in [-0.25, -0.2) is 0 Å². The number of rotatable bonds is 5. The lowest BCUT2D eigenvalue weighted by atomic mass is 10.2. The lowest BCUT2D eigenvalue weighted by Gasteiger charge is -2.03. The van der Waals surface area contributed by atoms with Crippen LogP contribution in [0.25, 0.3) is 0 Å². The molecule has 1 aromatic heterocycles. The summed E-state index contributed by atoms with van der Waals surface area (Å²) in [7, 11) is 0. The lowest BCUT2D eigenvalue weighted by Crippen LogP contribution is -2.30. The fourth-order valence-corrected chi connectivity index (χ4v) is 1.19. The molecule has 0 bridgehead atoms. The summed E-state index contributed by atoms with van der Waals surface area (Å²) in [5.74, 6) is -1.09. The molecule has 0 atom stereocenters. The molecule has 0 aliphatic carbocycles. The minimum Gasteiger partial charge on any atom is -0.465 e. The van der Waals surface area contributed by atoms with Crippen LogP contribution < -0.4 is 5.32 Å². The number of ether oxygens (including phenoxy) is 1.